The number of carbonyl (C=O) groups excluding carboxylic acids is 2. The molecule has 0 N–H and O–H groups in total. The Morgan fingerprint density at radius 1 is 0.397 bits per heavy atom. The van der Waals surface area contributed by atoms with Crippen molar-refractivity contribution < 1.29 is 23.8 Å². The minimum atomic E-state index is -0.592. The van der Waals surface area contributed by atoms with Crippen LogP contribution in [-0.4, -0.2) is 37.9 Å². The van der Waals surface area contributed by atoms with Gasteiger partial charge >= 0.3 is 11.9 Å². The number of hydrogen-bond acceptors (Lipinski definition) is 5. The molecule has 0 aliphatic carbocycles. The Kier molecular flexibility index (Phi) is 45.1. The molecule has 0 radical (unpaired) electrons. The molecular weight excluding hydrogens is 717 g/mol. The Labute approximate surface area is 357 Å². The van der Waals surface area contributed by atoms with Gasteiger partial charge in [-0.05, 0) is 103 Å². The molecule has 0 aromatic heterocycles. The van der Waals surface area contributed by atoms with E-state index in [9.17, 15) is 9.59 Å². The van der Waals surface area contributed by atoms with Crippen LogP contribution in [0.5, 0.6) is 0 Å². The smallest absolute Gasteiger partial charge is 0.306 e. The maximum absolute atomic E-state index is 12.7. The van der Waals surface area contributed by atoms with Crippen LogP contribution in [0.15, 0.2) is 109 Å². The second-order valence-electron chi connectivity index (χ2n) is 14.9. The average Bonchev–Trinajstić information content (AvgIpc) is 3.22. The molecule has 0 aromatic carbocycles. The second-order valence-corrected chi connectivity index (χ2v) is 14.9. The summed E-state index contributed by atoms with van der Waals surface area (Å²) in [5, 5.41) is 0. The summed E-state index contributed by atoms with van der Waals surface area (Å²) in [5.41, 5.74) is 0. The first kappa shape index (κ1) is 54.6. The molecule has 0 rings (SSSR count). The molecule has 1 unspecified atom stereocenters. The fourth-order valence-electron chi connectivity index (χ4n) is 5.85. The maximum atomic E-state index is 12.7. The predicted octanol–water partition coefficient (Wildman–Crippen LogP) is 15.7. The molecule has 0 spiro atoms. The number of hydrogen-bond donors (Lipinski definition) is 0. The van der Waals surface area contributed by atoms with Crippen molar-refractivity contribution >= 4 is 11.9 Å². The van der Waals surface area contributed by atoms with Crippen molar-refractivity contribution in [1.29, 1.82) is 0 Å². The van der Waals surface area contributed by atoms with Gasteiger partial charge in [0.2, 0.25) is 0 Å². The Balaban J connectivity index is 4.42. The van der Waals surface area contributed by atoms with Crippen LogP contribution >= 0.6 is 0 Å². The minimum absolute atomic E-state index is 0.0350. The van der Waals surface area contributed by atoms with Crippen molar-refractivity contribution in [3.05, 3.63) is 109 Å². The zero-order valence-corrected chi connectivity index (χ0v) is 37.5. The lowest BCUT2D eigenvalue weighted by molar-refractivity contribution is -0.162. The lowest BCUT2D eigenvalue weighted by Gasteiger charge is -2.18. The quantitative estimate of drug-likeness (QED) is 0.0350. The van der Waals surface area contributed by atoms with E-state index in [1.807, 2.05) is 6.08 Å². The molecular formula is C53H86O5. The Morgan fingerprint density at radius 2 is 0.810 bits per heavy atom. The normalized spacial score (nSPS) is 13.2. The van der Waals surface area contributed by atoms with E-state index < -0.39 is 6.10 Å². The fraction of sp³-hybridized carbons (Fsp3) is 0.623. The lowest BCUT2D eigenvalue weighted by atomic mass is 10.1. The van der Waals surface area contributed by atoms with E-state index in [-0.39, 0.29) is 31.6 Å². The van der Waals surface area contributed by atoms with Gasteiger partial charge in [0.1, 0.15) is 6.61 Å². The third kappa shape index (κ3) is 45.3. The van der Waals surface area contributed by atoms with Crippen LogP contribution in [-0.2, 0) is 23.8 Å². The average molecular weight is 803 g/mol. The van der Waals surface area contributed by atoms with E-state index in [1.165, 1.54) is 51.4 Å². The SMILES string of the molecule is CC/C=C\C/C=C\C/C=C\C/C=C\CCCCCCC(=O)OCC(COCCCCCCCC/C=C\CCCC)OC(=O)CC/C=C\C/C=C\C/C=C\C/C=C\CC. The van der Waals surface area contributed by atoms with Crippen molar-refractivity contribution in [1.82, 2.24) is 0 Å². The van der Waals surface area contributed by atoms with Crippen LogP contribution in [0.25, 0.3) is 0 Å². The van der Waals surface area contributed by atoms with Crippen LogP contribution in [0.2, 0.25) is 0 Å². The Morgan fingerprint density at radius 3 is 1.33 bits per heavy atom. The lowest BCUT2D eigenvalue weighted by Crippen LogP contribution is -2.30. The zero-order valence-electron chi connectivity index (χ0n) is 37.5. The fourth-order valence-corrected chi connectivity index (χ4v) is 5.85. The number of ether oxygens (including phenoxy) is 3. The van der Waals surface area contributed by atoms with Crippen LogP contribution in [0.3, 0.4) is 0 Å². The van der Waals surface area contributed by atoms with E-state index >= 15 is 0 Å². The van der Waals surface area contributed by atoms with Gasteiger partial charge in [-0.1, -0.05) is 182 Å². The van der Waals surface area contributed by atoms with E-state index in [0.717, 1.165) is 96.3 Å². The number of unbranched alkanes of at least 4 members (excludes halogenated alkanes) is 12. The first-order valence-corrected chi connectivity index (χ1v) is 23.4. The highest BCUT2D eigenvalue weighted by molar-refractivity contribution is 5.70. The van der Waals surface area contributed by atoms with Gasteiger partial charge in [-0.2, -0.15) is 0 Å². The molecule has 0 aliphatic rings. The molecule has 0 amide bonds. The molecule has 0 heterocycles. The van der Waals surface area contributed by atoms with Crippen molar-refractivity contribution in [3.8, 4) is 0 Å². The predicted molar refractivity (Wildman–Crippen MR) is 251 cm³/mol. The molecule has 0 bridgehead atoms. The number of esters is 2. The molecule has 0 saturated carbocycles. The molecule has 0 fully saturated rings. The van der Waals surface area contributed by atoms with Crippen LogP contribution in [0.1, 0.15) is 188 Å². The third-order valence-corrected chi connectivity index (χ3v) is 9.29. The summed E-state index contributed by atoms with van der Waals surface area (Å²) in [6, 6.07) is 0. The van der Waals surface area contributed by atoms with E-state index in [1.54, 1.807) is 0 Å². The Hall–Kier alpha value is -3.44. The van der Waals surface area contributed by atoms with Crippen LogP contribution in [0.4, 0.5) is 0 Å². The van der Waals surface area contributed by atoms with Crippen LogP contribution < -0.4 is 0 Å². The molecule has 0 aromatic rings. The summed E-state index contributed by atoms with van der Waals surface area (Å²) in [5.74, 6) is -0.531. The summed E-state index contributed by atoms with van der Waals surface area (Å²) >= 11 is 0. The first-order valence-electron chi connectivity index (χ1n) is 23.4. The molecule has 5 nitrogen and oxygen atoms in total. The highest BCUT2D eigenvalue weighted by Crippen LogP contribution is 2.11. The van der Waals surface area contributed by atoms with E-state index in [4.69, 9.17) is 14.2 Å². The second kappa shape index (κ2) is 47.9. The molecule has 58 heavy (non-hydrogen) atoms. The van der Waals surface area contributed by atoms with Crippen molar-refractivity contribution in [2.45, 2.75) is 194 Å². The van der Waals surface area contributed by atoms with Gasteiger partial charge in [0.05, 0.1) is 6.61 Å². The summed E-state index contributed by atoms with van der Waals surface area (Å²) in [7, 11) is 0. The van der Waals surface area contributed by atoms with Crippen molar-refractivity contribution in [2.24, 2.45) is 0 Å². The van der Waals surface area contributed by atoms with E-state index in [0.29, 0.717) is 19.4 Å². The van der Waals surface area contributed by atoms with Crippen molar-refractivity contribution in [3.63, 3.8) is 0 Å². The summed E-state index contributed by atoms with van der Waals surface area (Å²) in [6.07, 6.45) is 65.3. The van der Waals surface area contributed by atoms with Crippen LogP contribution in [0, 0.1) is 0 Å². The number of rotatable bonds is 41. The molecule has 0 aliphatic heterocycles. The summed E-state index contributed by atoms with van der Waals surface area (Å²) in [4.78, 5) is 25.2. The van der Waals surface area contributed by atoms with Gasteiger partial charge in [0.25, 0.3) is 0 Å². The van der Waals surface area contributed by atoms with Crippen molar-refractivity contribution in [2.75, 3.05) is 19.8 Å². The number of allylic oxidation sites excluding steroid dienone is 18. The van der Waals surface area contributed by atoms with Gasteiger partial charge in [-0.25, -0.2) is 0 Å². The molecule has 328 valence electrons. The molecule has 0 saturated heterocycles. The number of carbonyl (C=O) groups is 2. The maximum Gasteiger partial charge on any atom is 0.306 e. The van der Waals surface area contributed by atoms with E-state index in [2.05, 4.69) is 124 Å². The third-order valence-electron chi connectivity index (χ3n) is 9.29. The summed E-state index contributed by atoms with van der Waals surface area (Å²) in [6.45, 7) is 7.42. The van der Waals surface area contributed by atoms with Gasteiger partial charge < -0.3 is 14.2 Å². The highest BCUT2D eigenvalue weighted by atomic mass is 16.6. The standard InChI is InChI=1S/C53H86O5/c1-4-7-10-13-16-19-22-25-26-27-28-30-31-34-37-40-43-46-52(54)57-50-51(49-56-48-45-42-39-36-33-24-21-18-15-12-9-6-3)58-53(55)47-44-41-38-35-32-29-23-20-17-14-11-8-5-2/h7-8,10-11,15-20,25-26,28-30,32,38,41,51H,4-6,9,12-14,21-24,27,31,33-37,39-40,42-50H2,1-3H3/b10-7-,11-8-,18-15-,19-16-,20-17-,26-25-,30-28-,32-29-,41-38-. The zero-order chi connectivity index (χ0) is 42.1. The minimum Gasteiger partial charge on any atom is -0.462 e. The highest BCUT2D eigenvalue weighted by Gasteiger charge is 2.17. The molecule has 5 heteroatoms. The monoisotopic (exact) mass is 803 g/mol. The first-order chi connectivity index (χ1) is 28.6. The van der Waals surface area contributed by atoms with Gasteiger partial charge in [0, 0.05) is 19.4 Å². The topological polar surface area (TPSA) is 61.8 Å². The largest absolute Gasteiger partial charge is 0.462 e. The van der Waals surface area contributed by atoms with Gasteiger partial charge in [0.15, 0.2) is 6.10 Å². The summed E-state index contributed by atoms with van der Waals surface area (Å²) < 4.78 is 17.2. The van der Waals surface area contributed by atoms with Gasteiger partial charge in [-0.3, -0.25) is 9.59 Å². The van der Waals surface area contributed by atoms with Gasteiger partial charge in [-0.15, -0.1) is 0 Å². The molecule has 1 atom stereocenters. The Bertz CT molecular complexity index is 1180.